The van der Waals surface area contributed by atoms with Gasteiger partial charge in [0.25, 0.3) is 0 Å². The zero-order valence-corrected chi connectivity index (χ0v) is 12.2. The van der Waals surface area contributed by atoms with E-state index >= 15 is 0 Å². The zero-order chi connectivity index (χ0) is 16.2. The van der Waals surface area contributed by atoms with Crippen molar-refractivity contribution in [3.8, 4) is 17.2 Å². The number of fused-ring (bicyclic) bond motifs is 1. The summed E-state index contributed by atoms with van der Waals surface area (Å²) in [6, 6.07) is 13.1. The van der Waals surface area contributed by atoms with Gasteiger partial charge in [-0.2, -0.15) is 5.26 Å². The molecule has 1 aromatic heterocycles. The molecule has 0 saturated carbocycles. The molecule has 0 radical (unpaired) electrons. The van der Waals surface area contributed by atoms with E-state index in [0.29, 0.717) is 11.3 Å². The monoisotopic (exact) mass is 300 g/mol. The van der Waals surface area contributed by atoms with Crippen molar-refractivity contribution in [1.82, 2.24) is 9.97 Å². The summed E-state index contributed by atoms with van der Waals surface area (Å²) in [4.78, 5) is 19.7. The van der Waals surface area contributed by atoms with Crippen molar-refractivity contribution in [3.63, 3.8) is 0 Å². The van der Waals surface area contributed by atoms with Gasteiger partial charge >= 0.3 is 0 Å². The Hall–Kier alpha value is -3.52. The first-order valence-corrected chi connectivity index (χ1v) is 6.88. The van der Waals surface area contributed by atoms with Crippen LogP contribution in [0, 0.1) is 11.3 Å². The molecular weight excluding hydrogens is 288 g/mol. The van der Waals surface area contributed by atoms with Crippen LogP contribution in [0.5, 0.6) is 0 Å². The molecule has 0 atom stereocenters. The number of carbonyl (C=O) groups is 1. The molecule has 0 aliphatic carbocycles. The fraction of sp³-hybridized carbons (Fsp3) is 0. The van der Waals surface area contributed by atoms with E-state index in [0.717, 1.165) is 22.0 Å². The molecule has 23 heavy (non-hydrogen) atoms. The van der Waals surface area contributed by atoms with Crippen LogP contribution >= 0.6 is 0 Å². The molecule has 3 aromatic rings. The molecule has 0 aliphatic rings. The average molecular weight is 300 g/mol. The third-order valence-corrected chi connectivity index (χ3v) is 3.36. The van der Waals surface area contributed by atoms with Crippen LogP contribution in [0.2, 0.25) is 0 Å². The average Bonchev–Trinajstić information content (AvgIpc) is 2.60. The number of anilines is 1. The number of hydrogen-bond acceptors (Lipinski definition) is 4. The highest BCUT2D eigenvalue weighted by Gasteiger charge is 2.06. The first-order chi connectivity index (χ1) is 11.2. The van der Waals surface area contributed by atoms with Crippen LogP contribution in [0.3, 0.4) is 0 Å². The minimum absolute atomic E-state index is 0.322. The minimum atomic E-state index is -0.322. The van der Waals surface area contributed by atoms with Crippen LogP contribution in [0.25, 0.3) is 22.0 Å². The second-order valence-electron chi connectivity index (χ2n) is 4.90. The summed E-state index contributed by atoms with van der Waals surface area (Å²) < 4.78 is 0. The van der Waals surface area contributed by atoms with E-state index < -0.39 is 0 Å². The van der Waals surface area contributed by atoms with Crippen LogP contribution in [0.15, 0.2) is 61.6 Å². The molecule has 5 heteroatoms. The Labute approximate surface area is 132 Å². The number of rotatable bonds is 3. The molecule has 0 spiro atoms. The van der Waals surface area contributed by atoms with Gasteiger partial charge in [-0.25, -0.2) is 9.97 Å². The zero-order valence-electron chi connectivity index (χ0n) is 12.2. The SMILES string of the molecule is C=CC(=O)Nc1cc(C#N)cc(-c2ccc3cncnc3c2)c1. The highest BCUT2D eigenvalue weighted by atomic mass is 16.1. The van der Waals surface area contributed by atoms with E-state index in [9.17, 15) is 10.1 Å². The summed E-state index contributed by atoms with van der Waals surface area (Å²) in [5.41, 5.74) is 3.55. The number of benzene rings is 2. The van der Waals surface area contributed by atoms with Gasteiger partial charge in [-0.3, -0.25) is 4.79 Å². The fourth-order valence-electron chi connectivity index (χ4n) is 2.28. The molecule has 0 saturated heterocycles. The lowest BCUT2D eigenvalue weighted by Crippen LogP contribution is -2.07. The summed E-state index contributed by atoms with van der Waals surface area (Å²) in [6.07, 6.45) is 4.42. The van der Waals surface area contributed by atoms with Gasteiger partial charge in [0.05, 0.1) is 17.1 Å². The lowest BCUT2D eigenvalue weighted by Gasteiger charge is -2.08. The quantitative estimate of drug-likeness (QED) is 0.753. The summed E-state index contributed by atoms with van der Waals surface area (Å²) in [5.74, 6) is -0.322. The molecule has 1 amide bonds. The van der Waals surface area contributed by atoms with Gasteiger partial charge < -0.3 is 5.32 Å². The Morgan fingerprint density at radius 3 is 2.87 bits per heavy atom. The minimum Gasteiger partial charge on any atom is -0.322 e. The van der Waals surface area contributed by atoms with Crippen molar-refractivity contribution >= 4 is 22.5 Å². The van der Waals surface area contributed by atoms with E-state index in [1.54, 1.807) is 18.3 Å². The second-order valence-corrected chi connectivity index (χ2v) is 4.90. The van der Waals surface area contributed by atoms with Gasteiger partial charge in [0.2, 0.25) is 5.91 Å². The van der Waals surface area contributed by atoms with Gasteiger partial charge in [0.1, 0.15) is 6.33 Å². The van der Waals surface area contributed by atoms with Crippen molar-refractivity contribution in [1.29, 1.82) is 5.26 Å². The molecule has 0 aliphatic heterocycles. The summed E-state index contributed by atoms with van der Waals surface area (Å²) >= 11 is 0. The summed E-state index contributed by atoms with van der Waals surface area (Å²) in [5, 5.41) is 12.8. The van der Waals surface area contributed by atoms with Crippen molar-refractivity contribution in [3.05, 3.63) is 67.1 Å². The summed E-state index contributed by atoms with van der Waals surface area (Å²) in [7, 11) is 0. The number of nitrogens with one attached hydrogen (secondary N) is 1. The Bertz CT molecular complexity index is 957. The van der Waals surface area contributed by atoms with Crippen molar-refractivity contribution < 1.29 is 4.79 Å². The molecular formula is C18H12N4O. The van der Waals surface area contributed by atoms with Gasteiger partial charge in [-0.1, -0.05) is 18.7 Å². The Morgan fingerprint density at radius 2 is 2.09 bits per heavy atom. The first-order valence-electron chi connectivity index (χ1n) is 6.88. The predicted molar refractivity (Wildman–Crippen MR) is 88.5 cm³/mol. The highest BCUT2D eigenvalue weighted by molar-refractivity contribution is 5.99. The van der Waals surface area contributed by atoms with E-state index in [1.165, 1.54) is 12.4 Å². The van der Waals surface area contributed by atoms with Crippen LogP contribution in [0.1, 0.15) is 5.56 Å². The van der Waals surface area contributed by atoms with Crippen molar-refractivity contribution in [2.75, 3.05) is 5.32 Å². The standard InChI is InChI=1S/C18H12N4O/c1-2-18(23)22-16-6-12(9-19)5-15(7-16)13-3-4-14-10-20-11-21-17(14)8-13/h2-8,10-11H,1H2,(H,22,23). The van der Waals surface area contributed by atoms with E-state index in [1.807, 2.05) is 24.3 Å². The lowest BCUT2D eigenvalue weighted by atomic mass is 10.0. The third-order valence-electron chi connectivity index (χ3n) is 3.36. The molecule has 2 aromatic carbocycles. The van der Waals surface area contributed by atoms with E-state index in [-0.39, 0.29) is 5.91 Å². The lowest BCUT2D eigenvalue weighted by molar-refractivity contribution is -0.111. The molecule has 110 valence electrons. The van der Waals surface area contributed by atoms with Crippen LogP contribution in [0.4, 0.5) is 5.69 Å². The van der Waals surface area contributed by atoms with Crippen molar-refractivity contribution in [2.45, 2.75) is 0 Å². The maximum Gasteiger partial charge on any atom is 0.247 e. The smallest absolute Gasteiger partial charge is 0.247 e. The maximum atomic E-state index is 11.5. The number of nitriles is 1. The number of amides is 1. The third kappa shape index (κ3) is 3.06. The van der Waals surface area contributed by atoms with Crippen LogP contribution < -0.4 is 5.32 Å². The molecule has 0 bridgehead atoms. The van der Waals surface area contributed by atoms with E-state index in [2.05, 4.69) is 27.9 Å². The summed E-state index contributed by atoms with van der Waals surface area (Å²) in [6.45, 7) is 3.42. The number of carbonyl (C=O) groups excluding carboxylic acids is 1. The van der Waals surface area contributed by atoms with Gasteiger partial charge in [0, 0.05) is 17.3 Å². The second kappa shape index (κ2) is 6.08. The van der Waals surface area contributed by atoms with E-state index in [4.69, 9.17) is 0 Å². The molecule has 5 nitrogen and oxygen atoms in total. The molecule has 3 rings (SSSR count). The fourth-order valence-corrected chi connectivity index (χ4v) is 2.28. The van der Waals surface area contributed by atoms with Crippen molar-refractivity contribution in [2.24, 2.45) is 0 Å². The Kier molecular flexibility index (Phi) is 3.81. The van der Waals surface area contributed by atoms with Crippen LogP contribution in [-0.2, 0) is 4.79 Å². The topological polar surface area (TPSA) is 78.7 Å². The van der Waals surface area contributed by atoms with Gasteiger partial charge in [-0.05, 0) is 41.5 Å². The number of aromatic nitrogens is 2. The Morgan fingerprint density at radius 1 is 1.22 bits per heavy atom. The van der Waals surface area contributed by atoms with Crippen LogP contribution in [-0.4, -0.2) is 15.9 Å². The largest absolute Gasteiger partial charge is 0.322 e. The molecule has 1 heterocycles. The molecule has 1 N–H and O–H groups in total. The molecule has 0 unspecified atom stereocenters. The molecule has 0 fully saturated rings. The normalized spacial score (nSPS) is 10.0. The maximum absolute atomic E-state index is 11.5. The number of hydrogen-bond donors (Lipinski definition) is 1. The number of nitrogens with zero attached hydrogens (tertiary/aromatic N) is 3. The Balaban J connectivity index is 2.09. The van der Waals surface area contributed by atoms with Gasteiger partial charge in [-0.15, -0.1) is 0 Å². The first kappa shape index (κ1) is 14.4. The highest BCUT2D eigenvalue weighted by Crippen LogP contribution is 2.27. The predicted octanol–water partition coefficient (Wildman–Crippen LogP) is 3.29. The van der Waals surface area contributed by atoms with Gasteiger partial charge in [0.15, 0.2) is 0 Å².